The van der Waals surface area contributed by atoms with Crippen LogP contribution in [0, 0.1) is 0 Å². The third-order valence-electron chi connectivity index (χ3n) is 4.52. The van der Waals surface area contributed by atoms with Gasteiger partial charge in [0.05, 0.1) is 32.9 Å². The Hall–Kier alpha value is -2.03. The number of morpholine rings is 1. The lowest BCUT2D eigenvalue weighted by Crippen LogP contribution is -2.44. The molecule has 7 nitrogen and oxygen atoms in total. The minimum atomic E-state index is -0.136. The van der Waals surface area contributed by atoms with E-state index in [1.54, 1.807) is 19.2 Å². The molecule has 8 heteroatoms. The molecule has 28 heavy (non-hydrogen) atoms. The number of methoxy groups -OCH3 is 2. The minimum Gasteiger partial charge on any atom is -0.493 e. The molecule has 1 aromatic heterocycles. The number of carbonyl (C=O) groups excluding carboxylic acids is 1. The van der Waals surface area contributed by atoms with Gasteiger partial charge in [-0.1, -0.05) is 0 Å². The van der Waals surface area contributed by atoms with E-state index in [9.17, 15) is 4.79 Å². The topological polar surface area (TPSA) is 70.4 Å². The fourth-order valence-corrected chi connectivity index (χ4v) is 3.52. The number of hydrogen-bond acceptors (Lipinski definition) is 7. The third kappa shape index (κ3) is 4.87. The Morgan fingerprint density at radius 1 is 1.21 bits per heavy atom. The maximum absolute atomic E-state index is 12.0. The van der Waals surface area contributed by atoms with Gasteiger partial charge in [0.25, 0.3) is 0 Å². The Bertz CT molecular complexity index is 821. The van der Waals surface area contributed by atoms with Crippen molar-refractivity contribution in [1.82, 2.24) is 4.90 Å². The number of ketones is 1. The van der Waals surface area contributed by atoms with Gasteiger partial charge >= 0.3 is 0 Å². The molecule has 0 bridgehead atoms. The first-order chi connectivity index (χ1) is 13.5. The highest BCUT2D eigenvalue weighted by molar-refractivity contribution is 9.10. The van der Waals surface area contributed by atoms with Gasteiger partial charge in [-0.05, 0) is 47.1 Å². The highest BCUT2D eigenvalue weighted by Gasteiger charge is 2.25. The Kier molecular flexibility index (Phi) is 6.98. The van der Waals surface area contributed by atoms with E-state index in [0.717, 1.165) is 17.0 Å². The summed E-state index contributed by atoms with van der Waals surface area (Å²) in [5.74, 6) is 2.08. The number of halogens is 1. The number of rotatable bonds is 8. The van der Waals surface area contributed by atoms with E-state index in [1.165, 1.54) is 14.0 Å². The van der Waals surface area contributed by atoms with Crippen molar-refractivity contribution in [3.63, 3.8) is 0 Å². The number of benzene rings is 1. The van der Waals surface area contributed by atoms with Crippen molar-refractivity contribution in [2.75, 3.05) is 40.5 Å². The molecule has 0 spiro atoms. The van der Waals surface area contributed by atoms with Crippen LogP contribution in [0.2, 0.25) is 0 Å². The lowest BCUT2D eigenvalue weighted by molar-refractivity contribution is -0.0522. The normalized spacial score (nSPS) is 17.4. The molecule has 1 aliphatic heterocycles. The van der Waals surface area contributed by atoms with Gasteiger partial charge < -0.3 is 23.4 Å². The molecule has 1 aliphatic rings. The molecule has 1 unspecified atom stereocenters. The Morgan fingerprint density at radius 2 is 2.04 bits per heavy atom. The van der Waals surface area contributed by atoms with Crippen LogP contribution >= 0.6 is 15.9 Å². The van der Waals surface area contributed by atoms with Crippen LogP contribution in [-0.4, -0.2) is 57.3 Å². The second kappa shape index (κ2) is 9.45. The van der Waals surface area contributed by atoms with Gasteiger partial charge in [-0.2, -0.15) is 0 Å². The van der Waals surface area contributed by atoms with E-state index in [0.29, 0.717) is 49.1 Å². The van der Waals surface area contributed by atoms with Gasteiger partial charge in [-0.25, -0.2) is 0 Å². The summed E-state index contributed by atoms with van der Waals surface area (Å²) in [7, 11) is 3.07. The van der Waals surface area contributed by atoms with Gasteiger partial charge in [-0.3, -0.25) is 9.69 Å². The van der Waals surface area contributed by atoms with Crippen molar-refractivity contribution in [2.24, 2.45) is 0 Å². The zero-order valence-electron chi connectivity index (χ0n) is 16.2. The number of carbonyl (C=O) groups is 1. The summed E-state index contributed by atoms with van der Waals surface area (Å²) in [6.07, 6.45) is -0.136. The fourth-order valence-electron chi connectivity index (χ4n) is 3.18. The molecular weight excluding hydrogens is 430 g/mol. The van der Waals surface area contributed by atoms with Gasteiger partial charge in [-0.15, -0.1) is 0 Å². The highest BCUT2D eigenvalue weighted by atomic mass is 79.9. The van der Waals surface area contributed by atoms with Crippen molar-refractivity contribution in [3.05, 3.63) is 40.3 Å². The number of Topliss-reactive ketones (excluding diaryl/α,β-unsaturated/α-hetero) is 1. The standard InChI is InChI=1S/C20H24BrNO6/c1-13(23)16-5-6-17(24-2)20(25-3)19(16)27-12-15-11-22(8-9-26-15)10-14-4-7-18(21)28-14/h4-7,15H,8-12H2,1-3H3. The van der Waals surface area contributed by atoms with Crippen molar-refractivity contribution < 1.29 is 28.2 Å². The maximum Gasteiger partial charge on any atom is 0.204 e. The first-order valence-electron chi connectivity index (χ1n) is 8.98. The van der Waals surface area contributed by atoms with Crippen LogP contribution in [-0.2, 0) is 11.3 Å². The predicted octanol–water partition coefficient (Wildman–Crippen LogP) is 3.54. The molecule has 0 radical (unpaired) electrons. The van der Waals surface area contributed by atoms with E-state index in [1.807, 2.05) is 12.1 Å². The molecule has 0 amide bonds. The highest BCUT2D eigenvalue weighted by Crippen LogP contribution is 2.40. The lowest BCUT2D eigenvalue weighted by atomic mass is 10.1. The minimum absolute atomic E-state index is 0.106. The molecule has 152 valence electrons. The molecule has 1 saturated heterocycles. The summed E-state index contributed by atoms with van der Waals surface area (Å²) in [4.78, 5) is 14.3. The maximum atomic E-state index is 12.0. The lowest BCUT2D eigenvalue weighted by Gasteiger charge is -2.32. The first kappa shape index (κ1) is 20.7. The first-order valence-corrected chi connectivity index (χ1v) is 9.78. The Labute approximate surface area is 172 Å². The molecule has 1 atom stereocenters. The SMILES string of the molecule is COc1ccc(C(C)=O)c(OCC2CN(Cc3ccc(Br)o3)CCO2)c1OC. The molecule has 0 aliphatic carbocycles. The largest absolute Gasteiger partial charge is 0.493 e. The van der Waals surface area contributed by atoms with Crippen LogP contribution in [0.1, 0.15) is 23.0 Å². The zero-order chi connectivity index (χ0) is 20.1. The number of furan rings is 1. The molecular formula is C20H24BrNO6. The van der Waals surface area contributed by atoms with Crippen LogP contribution in [0.15, 0.2) is 33.4 Å². The number of hydrogen-bond donors (Lipinski definition) is 0. The average molecular weight is 454 g/mol. The Balaban J connectivity index is 1.68. The van der Waals surface area contributed by atoms with Crippen molar-refractivity contribution in [3.8, 4) is 17.2 Å². The summed E-state index contributed by atoms with van der Waals surface area (Å²) in [5.41, 5.74) is 0.450. The van der Waals surface area contributed by atoms with Gasteiger partial charge in [0.1, 0.15) is 18.5 Å². The molecule has 2 heterocycles. The van der Waals surface area contributed by atoms with Crippen LogP contribution in [0.5, 0.6) is 17.2 Å². The van der Waals surface area contributed by atoms with Crippen LogP contribution in [0.4, 0.5) is 0 Å². The fraction of sp³-hybridized carbons (Fsp3) is 0.450. The Morgan fingerprint density at radius 3 is 2.68 bits per heavy atom. The predicted molar refractivity (Wildman–Crippen MR) is 106 cm³/mol. The van der Waals surface area contributed by atoms with Gasteiger partial charge in [0.15, 0.2) is 22.0 Å². The molecule has 0 saturated carbocycles. The van der Waals surface area contributed by atoms with Crippen molar-refractivity contribution in [2.45, 2.75) is 19.6 Å². The van der Waals surface area contributed by atoms with Gasteiger partial charge in [0.2, 0.25) is 5.75 Å². The number of ether oxygens (including phenoxy) is 4. The molecule has 1 fully saturated rings. The summed E-state index contributed by atoms with van der Waals surface area (Å²) < 4.78 is 28.9. The van der Waals surface area contributed by atoms with Crippen molar-refractivity contribution >= 4 is 21.7 Å². The van der Waals surface area contributed by atoms with E-state index < -0.39 is 0 Å². The van der Waals surface area contributed by atoms with E-state index in [2.05, 4.69) is 20.8 Å². The van der Waals surface area contributed by atoms with Crippen LogP contribution in [0.3, 0.4) is 0 Å². The van der Waals surface area contributed by atoms with Crippen LogP contribution < -0.4 is 14.2 Å². The van der Waals surface area contributed by atoms with Crippen molar-refractivity contribution in [1.29, 1.82) is 0 Å². The van der Waals surface area contributed by atoms with Gasteiger partial charge in [0, 0.05) is 13.1 Å². The monoisotopic (exact) mass is 453 g/mol. The average Bonchev–Trinajstić information content (AvgIpc) is 3.10. The smallest absolute Gasteiger partial charge is 0.204 e. The summed E-state index contributed by atoms with van der Waals surface area (Å²) in [5, 5.41) is 0. The molecule has 2 aromatic rings. The molecule has 1 aromatic carbocycles. The molecule has 0 N–H and O–H groups in total. The third-order valence-corrected chi connectivity index (χ3v) is 4.95. The quantitative estimate of drug-likeness (QED) is 0.565. The number of nitrogens with zero attached hydrogens (tertiary/aromatic N) is 1. The molecule has 3 rings (SSSR count). The second-order valence-corrected chi connectivity index (χ2v) is 7.26. The van der Waals surface area contributed by atoms with E-state index in [4.69, 9.17) is 23.4 Å². The summed E-state index contributed by atoms with van der Waals surface area (Å²) >= 11 is 3.32. The zero-order valence-corrected chi connectivity index (χ0v) is 17.8. The van der Waals surface area contributed by atoms with E-state index >= 15 is 0 Å². The second-order valence-electron chi connectivity index (χ2n) is 6.48. The van der Waals surface area contributed by atoms with E-state index in [-0.39, 0.29) is 11.9 Å². The summed E-state index contributed by atoms with van der Waals surface area (Å²) in [6.45, 7) is 4.60. The van der Waals surface area contributed by atoms with Crippen LogP contribution in [0.25, 0.3) is 0 Å². The summed E-state index contributed by atoms with van der Waals surface area (Å²) in [6, 6.07) is 7.21.